The third-order valence-corrected chi connectivity index (χ3v) is 3.73. The van der Waals surface area contributed by atoms with E-state index < -0.39 is 0 Å². The molecule has 1 aromatic carbocycles. The summed E-state index contributed by atoms with van der Waals surface area (Å²) in [4.78, 5) is 28.9. The molecule has 0 radical (unpaired) electrons. The van der Waals surface area contributed by atoms with Crippen LogP contribution in [0.3, 0.4) is 0 Å². The fraction of sp³-hybridized carbons (Fsp3) is 0.188. The summed E-state index contributed by atoms with van der Waals surface area (Å²) in [5, 5.41) is 4.78. The Morgan fingerprint density at radius 3 is 2.87 bits per heavy atom. The summed E-state index contributed by atoms with van der Waals surface area (Å²) in [5.74, 6) is -0.282. The monoisotopic (exact) mass is 330 g/mol. The largest absolute Gasteiger partial charge is 0.323 e. The number of carbonyl (C=O) groups excluding carboxylic acids is 1. The van der Waals surface area contributed by atoms with Crippen LogP contribution in [0.5, 0.6) is 0 Å². The number of rotatable bonds is 3. The zero-order valence-electron chi connectivity index (χ0n) is 12.7. The van der Waals surface area contributed by atoms with Crippen LogP contribution in [-0.4, -0.2) is 27.0 Å². The maximum Gasteiger partial charge on any atom is 0.278 e. The van der Waals surface area contributed by atoms with Gasteiger partial charge in [0.15, 0.2) is 5.69 Å². The van der Waals surface area contributed by atoms with Crippen LogP contribution in [0.1, 0.15) is 23.1 Å². The highest BCUT2D eigenvalue weighted by Gasteiger charge is 2.20. The molecule has 0 aliphatic carbocycles. The number of aromatic amines is 1. The van der Waals surface area contributed by atoms with Crippen LogP contribution in [0.15, 0.2) is 41.3 Å². The van der Waals surface area contributed by atoms with E-state index in [2.05, 4.69) is 10.1 Å². The quantitative estimate of drug-likeness (QED) is 0.802. The maximum atomic E-state index is 12.7. The fourth-order valence-electron chi connectivity index (χ4n) is 2.45. The molecule has 0 saturated carbocycles. The lowest BCUT2D eigenvalue weighted by molar-refractivity contribution is 0.0983. The van der Waals surface area contributed by atoms with E-state index in [1.807, 2.05) is 6.92 Å². The van der Waals surface area contributed by atoms with E-state index in [4.69, 9.17) is 11.6 Å². The molecule has 118 valence electrons. The van der Waals surface area contributed by atoms with Crippen LogP contribution in [-0.2, 0) is 0 Å². The van der Waals surface area contributed by atoms with E-state index in [1.165, 1.54) is 10.6 Å². The molecule has 0 aliphatic heterocycles. The number of amides is 1. The zero-order chi connectivity index (χ0) is 16.6. The van der Waals surface area contributed by atoms with Crippen molar-refractivity contribution in [1.82, 2.24) is 14.6 Å². The third-order valence-electron chi connectivity index (χ3n) is 3.50. The SMILES string of the molecule is CCN(C(=O)c1cc2c(=O)[nH]c(C)cn2n1)c1cccc(Cl)c1. The molecule has 6 nitrogen and oxygen atoms in total. The van der Waals surface area contributed by atoms with E-state index in [0.29, 0.717) is 28.5 Å². The van der Waals surface area contributed by atoms with Crippen molar-refractivity contribution in [3.8, 4) is 0 Å². The normalized spacial score (nSPS) is 10.9. The third kappa shape index (κ3) is 2.85. The molecule has 3 rings (SSSR count). The molecule has 23 heavy (non-hydrogen) atoms. The topological polar surface area (TPSA) is 70.5 Å². The van der Waals surface area contributed by atoms with E-state index in [0.717, 1.165) is 0 Å². The average molecular weight is 331 g/mol. The van der Waals surface area contributed by atoms with Gasteiger partial charge >= 0.3 is 0 Å². The first-order valence-corrected chi connectivity index (χ1v) is 7.54. The van der Waals surface area contributed by atoms with Crippen LogP contribution in [0.2, 0.25) is 5.02 Å². The number of carbonyl (C=O) groups is 1. The second-order valence-electron chi connectivity index (χ2n) is 5.15. The summed E-state index contributed by atoms with van der Waals surface area (Å²) >= 11 is 6.00. The number of hydrogen-bond donors (Lipinski definition) is 1. The van der Waals surface area contributed by atoms with E-state index in [-0.39, 0.29) is 17.2 Å². The van der Waals surface area contributed by atoms with E-state index in [9.17, 15) is 9.59 Å². The lowest BCUT2D eigenvalue weighted by Crippen LogP contribution is -2.30. The Morgan fingerprint density at radius 1 is 1.39 bits per heavy atom. The van der Waals surface area contributed by atoms with Crippen molar-refractivity contribution in [2.24, 2.45) is 0 Å². The summed E-state index contributed by atoms with van der Waals surface area (Å²) in [6, 6.07) is 8.55. The van der Waals surface area contributed by atoms with Crippen LogP contribution in [0, 0.1) is 6.92 Å². The highest BCUT2D eigenvalue weighted by Crippen LogP contribution is 2.21. The molecule has 2 aromatic heterocycles. The highest BCUT2D eigenvalue weighted by atomic mass is 35.5. The molecule has 2 heterocycles. The number of nitrogens with zero attached hydrogens (tertiary/aromatic N) is 3. The van der Waals surface area contributed by atoms with Gasteiger partial charge in [0.2, 0.25) is 0 Å². The molecular weight excluding hydrogens is 316 g/mol. The van der Waals surface area contributed by atoms with Crippen molar-refractivity contribution in [3.63, 3.8) is 0 Å². The Bertz CT molecular complexity index is 945. The molecule has 0 spiro atoms. The molecule has 0 atom stereocenters. The summed E-state index contributed by atoms with van der Waals surface area (Å²) in [6.45, 7) is 4.09. The van der Waals surface area contributed by atoms with Crippen molar-refractivity contribution >= 4 is 28.7 Å². The first-order valence-electron chi connectivity index (χ1n) is 7.16. The first-order chi connectivity index (χ1) is 11.0. The molecule has 0 unspecified atom stereocenters. The predicted molar refractivity (Wildman–Crippen MR) is 89.4 cm³/mol. The van der Waals surface area contributed by atoms with Gasteiger partial charge in [-0.05, 0) is 32.0 Å². The van der Waals surface area contributed by atoms with Gasteiger partial charge in [-0.1, -0.05) is 17.7 Å². The fourth-order valence-corrected chi connectivity index (χ4v) is 2.64. The van der Waals surface area contributed by atoms with Gasteiger partial charge in [-0.2, -0.15) is 5.10 Å². The first kappa shape index (κ1) is 15.3. The summed E-state index contributed by atoms with van der Waals surface area (Å²) in [6.07, 6.45) is 1.67. The van der Waals surface area contributed by atoms with Gasteiger partial charge in [0.05, 0.1) is 0 Å². The van der Waals surface area contributed by atoms with Gasteiger partial charge < -0.3 is 9.88 Å². The summed E-state index contributed by atoms with van der Waals surface area (Å²) in [7, 11) is 0. The van der Waals surface area contributed by atoms with Crippen molar-refractivity contribution < 1.29 is 4.79 Å². The molecule has 1 amide bonds. The van der Waals surface area contributed by atoms with Crippen molar-refractivity contribution in [2.45, 2.75) is 13.8 Å². The van der Waals surface area contributed by atoms with E-state index >= 15 is 0 Å². The van der Waals surface area contributed by atoms with Crippen LogP contribution < -0.4 is 10.5 Å². The van der Waals surface area contributed by atoms with Crippen molar-refractivity contribution in [2.75, 3.05) is 11.4 Å². The molecule has 0 fully saturated rings. The molecule has 3 aromatic rings. The minimum Gasteiger partial charge on any atom is -0.323 e. The number of aryl methyl sites for hydroxylation is 1. The number of H-pyrrole nitrogens is 1. The number of halogens is 1. The number of anilines is 1. The molecule has 1 N–H and O–H groups in total. The van der Waals surface area contributed by atoms with Crippen LogP contribution in [0.25, 0.3) is 5.52 Å². The highest BCUT2D eigenvalue weighted by molar-refractivity contribution is 6.31. The minimum atomic E-state index is -0.282. The summed E-state index contributed by atoms with van der Waals surface area (Å²) < 4.78 is 1.42. The van der Waals surface area contributed by atoms with Gasteiger partial charge in [-0.25, -0.2) is 4.52 Å². The van der Waals surface area contributed by atoms with E-state index in [1.54, 1.807) is 42.3 Å². The summed E-state index contributed by atoms with van der Waals surface area (Å²) in [5.41, 5.74) is 1.63. The predicted octanol–water partition coefficient (Wildman–Crippen LogP) is 2.65. The minimum absolute atomic E-state index is 0.211. The maximum absolute atomic E-state index is 12.7. The van der Waals surface area contributed by atoms with Crippen LogP contribution in [0.4, 0.5) is 5.69 Å². The Balaban J connectivity index is 2.04. The molecule has 7 heteroatoms. The van der Waals surface area contributed by atoms with Crippen molar-refractivity contribution in [3.05, 3.63) is 63.3 Å². The second-order valence-corrected chi connectivity index (χ2v) is 5.59. The average Bonchev–Trinajstić information content (AvgIpc) is 2.92. The zero-order valence-corrected chi connectivity index (χ0v) is 13.5. The van der Waals surface area contributed by atoms with Gasteiger partial charge in [0.1, 0.15) is 5.52 Å². The Kier molecular flexibility index (Phi) is 3.92. The Hall–Kier alpha value is -2.60. The van der Waals surface area contributed by atoms with Crippen LogP contribution >= 0.6 is 11.6 Å². The van der Waals surface area contributed by atoms with Gasteiger partial charge in [0, 0.05) is 35.2 Å². The number of fused-ring (bicyclic) bond motifs is 1. The lowest BCUT2D eigenvalue weighted by Gasteiger charge is -2.20. The number of hydrogen-bond acceptors (Lipinski definition) is 3. The smallest absolute Gasteiger partial charge is 0.278 e. The molecule has 0 bridgehead atoms. The Morgan fingerprint density at radius 2 is 2.17 bits per heavy atom. The second kappa shape index (κ2) is 5.89. The standard InChI is InChI=1S/C16H15ClN4O2/c1-3-20(12-6-4-5-11(17)7-12)16(23)13-8-14-15(22)18-10(2)9-21(14)19-13/h4-9H,3H2,1-2H3,(H,18,22). The van der Waals surface area contributed by atoms with Gasteiger partial charge in [0.25, 0.3) is 11.5 Å². The molecular formula is C16H15ClN4O2. The Labute approximate surface area is 137 Å². The number of benzene rings is 1. The molecule has 0 aliphatic rings. The molecule has 0 saturated heterocycles. The number of nitrogens with one attached hydrogen (secondary N) is 1. The van der Waals surface area contributed by atoms with Gasteiger partial charge in [-0.15, -0.1) is 0 Å². The number of aromatic nitrogens is 3. The van der Waals surface area contributed by atoms with Gasteiger partial charge in [-0.3, -0.25) is 9.59 Å². The lowest BCUT2D eigenvalue weighted by atomic mass is 10.2. The van der Waals surface area contributed by atoms with Crippen molar-refractivity contribution in [1.29, 1.82) is 0 Å².